The van der Waals surface area contributed by atoms with E-state index in [1.165, 1.54) is 0 Å². The number of hydrogen-bond acceptors (Lipinski definition) is 7. The molecule has 1 aromatic rings. The van der Waals surface area contributed by atoms with Crippen molar-refractivity contribution in [2.24, 2.45) is 5.18 Å². The molecule has 0 aromatic carbocycles. The van der Waals surface area contributed by atoms with Gasteiger partial charge in [0.15, 0.2) is 12.4 Å². The monoisotopic (exact) mass is 185 g/mol. The lowest BCUT2D eigenvalue weighted by atomic mass is 10.4. The van der Waals surface area contributed by atoms with E-state index in [9.17, 15) is 9.70 Å². The van der Waals surface area contributed by atoms with Crippen LogP contribution < -0.4 is 0 Å². The van der Waals surface area contributed by atoms with Gasteiger partial charge in [-0.2, -0.15) is 4.91 Å². The van der Waals surface area contributed by atoms with Gasteiger partial charge in [-0.1, -0.05) is 5.18 Å². The zero-order valence-corrected chi connectivity index (χ0v) is 6.63. The lowest BCUT2D eigenvalue weighted by Crippen LogP contribution is -2.10. The van der Waals surface area contributed by atoms with Gasteiger partial charge in [-0.05, 0) is 10.4 Å². The number of ether oxygens (including phenoxy) is 1. The fourth-order valence-corrected chi connectivity index (χ4v) is 0.645. The van der Waals surface area contributed by atoms with E-state index in [1.807, 2.05) is 0 Å². The summed E-state index contributed by atoms with van der Waals surface area (Å²) >= 11 is 0. The van der Waals surface area contributed by atoms with Crippen molar-refractivity contribution < 1.29 is 9.53 Å². The number of aromatic nitrogens is 4. The largest absolute Gasteiger partial charge is 0.464 e. The average molecular weight is 185 g/mol. The summed E-state index contributed by atoms with van der Waals surface area (Å²) in [6.07, 6.45) is 0.387. The Bertz CT molecular complexity index is 272. The zero-order valence-electron chi connectivity index (χ0n) is 6.63. The summed E-state index contributed by atoms with van der Waals surface area (Å²) in [5, 5.41) is 15.1. The molecule has 0 radical (unpaired) electrons. The number of tetrazole rings is 1. The summed E-state index contributed by atoms with van der Waals surface area (Å²) < 4.78 is 4.61. The molecule has 13 heavy (non-hydrogen) atoms. The summed E-state index contributed by atoms with van der Waals surface area (Å²) in [6.45, 7) is -0.333. The van der Waals surface area contributed by atoms with Crippen LogP contribution in [-0.4, -0.2) is 39.7 Å². The SMILES string of the molecule is O=NCC(=O)OCCc1nnn[nH]1. The first-order chi connectivity index (χ1) is 6.33. The highest BCUT2D eigenvalue weighted by molar-refractivity contribution is 5.71. The summed E-state index contributed by atoms with van der Waals surface area (Å²) in [5.74, 6) is -0.130. The van der Waals surface area contributed by atoms with Crippen molar-refractivity contribution in [3.05, 3.63) is 10.7 Å². The summed E-state index contributed by atoms with van der Waals surface area (Å²) in [5.41, 5.74) is 0. The van der Waals surface area contributed by atoms with Gasteiger partial charge in [0.25, 0.3) is 0 Å². The first-order valence-corrected chi connectivity index (χ1v) is 3.50. The number of esters is 1. The number of carbonyl (C=O) groups excluding carboxylic acids is 1. The maximum atomic E-state index is 10.6. The highest BCUT2D eigenvalue weighted by atomic mass is 16.5. The topological polar surface area (TPSA) is 110 Å². The summed E-state index contributed by atoms with van der Waals surface area (Å²) in [7, 11) is 0. The van der Waals surface area contributed by atoms with Crippen molar-refractivity contribution in [1.82, 2.24) is 20.6 Å². The Kier molecular flexibility index (Phi) is 3.48. The fraction of sp³-hybridized carbons (Fsp3) is 0.600. The fourth-order valence-electron chi connectivity index (χ4n) is 0.645. The van der Waals surface area contributed by atoms with E-state index in [2.05, 4.69) is 30.5 Å². The molecule has 1 heterocycles. The molecule has 0 saturated carbocycles. The number of rotatable bonds is 5. The maximum Gasteiger partial charge on any atom is 0.331 e. The first kappa shape index (κ1) is 9.23. The van der Waals surface area contributed by atoms with Crippen LogP contribution in [0.5, 0.6) is 0 Å². The van der Waals surface area contributed by atoms with Gasteiger partial charge in [-0.15, -0.1) is 5.10 Å². The van der Waals surface area contributed by atoms with E-state index >= 15 is 0 Å². The molecular formula is C5H7N5O3. The van der Waals surface area contributed by atoms with Crippen LogP contribution in [0.15, 0.2) is 5.18 Å². The molecule has 0 aliphatic carbocycles. The van der Waals surface area contributed by atoms with Gasteiger partial charge in [-0.3, -0.25) is 0 Å². The molecule has 1 rings (SSSR count). The second-order valence-electron chi connectivity index (χ2n) is 2.11. The molecule has 0 atom stereocenters. The summed E-state index contributed by atoms with van der Waals surface area (Å²) in [6, 6.07) is 0. The molecule has 0 aliphatic rings. The van der Waals surface area contributed by atoms with Crippen molar-refractivity contribution in [3.8, 4) is 0 Å². The van der Waals surface area contributed by atoms with Gasteiger partial charge < -0.3 is 4.74 Å². The van der Waals surface area contributed by atoms with E-state index in [1.54, 1.807) is 0 Å². The quantitative estimate of drug-likeness (QED) is 0.467. The molecule has 8 heteroatoms. The van der Waals surface area contributed by atoms with E-state index in [-0.39, 0.29) is 6.61 Å². The predicted molar refractivity (Wildman–Crippen MR) is 39.5 cm³/mol. The minimum atomic E-state index is -0.650. The smallest absolute Gasteiger partial charge is 0.331 e. The standard InChI is InChI=1S/C5H7N5O3/c11-5(3-6-12)13-2-1-4-7-9-10-8-4/h1-3H2,(H,7,8,9,10). The van der Waals surface area contributed by atoms with Gasteiger partial charge in [0.2, 0.25) is 0 Å². The van der Waals surface area contributed by atoms with Crippen LogP contribution in [0, 0.1) is 4.91 Å². The van der Waals surface area contributed by atoms with Crippen LogP contribution in [0.25, 0.3) is 0 Å². The van der Waals surface area contributed by atoms with Gasteiger partial charge in [0, 0.05) is 6.42 Å². The Morgan fingerprint density at radius 3 is 3.08 bits per heavy atom. The molecule has 0 bridgehead atoms. The minimum absolute atomic E-state index is 0.130. The molecular weight excluding hydrogens is 178 g/mol. The number of aromatic amines is 1. The zero-order chi connectivity index (χ0) is 9.52. The van der Waals surface area contributed by atoms with Crippen LogP contribution in [0.3, 0.4) is 0 Å². The van der Waals surface area contributed by atoms with Crippen molar-refractivity contribution in [3.63, 3.8) is 0 Å². The number of nitrogens with one attached hydrogen (secondary N) is 1. The summed E-state index contributed by atoms with van der Waals surface area (Å²) in [4.78, 5) is 20.2. The second-order valence-corrected chi connectivity index (χ2v) is 2.11. The number of hydrogen-bond donors (Lipinski definition) is 1. The van der Waals surface area contributed by atoms with Crippen LogP contribution in [0.1, 0.15) is 5.82 Å². The number of H-pyrrole nitrogens is 1. The predicted octanol–water partition coefficient (Wildman–Crippen LogP) is -0.948. The van der Waals surface area contributed by atoms with Crippen LogP contribution in [-0.2, 0) is 16.0 Å². The van der Waals surface area contributed by atoms with Crippen molar-refractivity contribution >= 4 is 5.97 Å². The van der Waals surface area contributed by atoms with Gasteiger partial charge in [0.05, 0.1) is 6.61 Å². The van der Waals surface area contributed by atoms with E-state index in [0.29, 0.717) is 12.2 Å². The molecule has 0 saturated heterocycles. The molecule has 70 valence electrons. The number of carbonyl (C=O) groups is 1. The van der Waals surface area contributed by atoms with Crippen molar-refractivity contribution in [2.75, 3.05) is 13.2 Å². The Balaban J connectivity index is 2.14. The molecule has 0 amide bonds. The third kappa shape index (κ3) is 3.36. The highest BCUT2D eigenvalue weighted by Gasteiger charge is 2.03. The Morgan fingerprint density at radius 1 is 1.62 bits per heavy atom. The third-order valence-electron chi connectivity index (χ3n) is 1.18. The second kappa shape index (κ2) is 4.91. The van der Waals surface area contributed by atoms with E-state index in [4.69, 9.17) is 0 Å². The Labute approximate surface area is 72.6 Å². The maximum absolute atomic E-state index is 10.6. The number of nitrogens with zero attached hydrogens (tertiary/aromatic N) is 4. The molecule has 0 aliphatic heterocycles. The minimum Gasteiger partial charge on any atom is -0.464 e. The van der Waals surface area contributed by atoms with Crippen LogP contribution in [0.2, 0.25) is 0 Å². The van der Waals surface area contributed by atoms with Crippen LogP contribution in [0.4, 0.5) is 0 Å². The molecule has 0 unspecified atom stereocenters. The Hall–Kier alpha value is -1.86. The molecule has 8 nitrogen and oxygen atoms in total. The van der Waals surface area contributed by atoms with E-state index < -0.39 is 12.5 Å². The average Bonchev–Trinajstić information content (AvgIpc) is 2.57. The number of nitroso groups, excluding NO2 is 1. The molecule has 1 N–H and O–H groups in total. The lowest BCUT2D eigenvalue weighted by molar-refractivity contribution is -0.141. The van der Waals surface area contributed by atoms with Crippen LogP contribution >= 0.6 is 0 Å². The lowest BCUT2D eigenvalue weighted by Gasteiger charge is -1.98. The van der Waals surface area contributed by atoms with Gasteiger partial charge in [0.1, 0.15) is 0 Å². The van der Waals surface area contributed by atoms with Crippen molar-refractivity contribution in [1.29, 1.82) is 0 Å². The third-order valence-corrected chi connectivity index (χ3v) is 1.18. The van der Waals surface area contributed by atoms with E-state index in [0.717, 1.165) is 0 Å². The molecule has 1 aromatic heterocycles. The van der Waals surface area contributed by atoms with Gasteiger partial charge >= 0.3 is 5.97 Å². The Morgan fingerprint density at radius 2 is 2.46 bits per heavy atom. The van der Waals surface area contributed by atoms with Crippen molar-refractivity contribution in [2.45, 2.75) is 6.42 Å². The first-order valence-electron chi connectivity index (χ1n) is 3.50. The normalized spacial score (nSPS) is 9.54. The van der Waals surface area contributed by atoms with Gasteiger partial charge in [-0.25, -0.2) is 9.89 Å². The molecule has 0 spiro atoms. The highest BCUT2D eigenvalue weighted by Crippen LogP contribution is 1.88. The molecule has 0 fully saturated rings.